The fourth-order valence-corrected chi connectivity index (χ4v) is 3.68. The van der Waals surface area contributed by atoms with Gasteiger partial charge in [0.25, 0.3) is 5.91 Å². The number of carbonyl (C=O) groups excluding carboxylic acids is 1. The summed E-state index contributed by atoms with van der Waals surface area (Å²) < 4.78 is 48.7. The van der Waals surface area contributed by atoms with Gasteiger partial charge < -0.3 is 10.4 Å². The number of carboxylic acid groups (broad SMARTS) is 1. The van der Waals surface area contributed by atoms with Gasteiger partial charge in [-0.2, -0.15) is 13.2 Å². The highest BCUT2D eigenvalue weighted by Crippen LogP contribution is 2.23. The number of nitrogens with one attached hydrogen (secondary N) is 1. The lowest BCUT2D eigenvalue weighted by molar-refractivity contribution is -0.192. The van der Waals surface area contributed by atoms with Crippen LogP contribution in [0.4, 0.5) is 23.4 Å². The molecule has 0 saturated heterocycles. The minimum Gasteiger partial charge on any atom is -0.475 e. The monoisotopic (exact) mass is 541 g/mol. The van der Waals surface area contributed by atoms with E-state index in [0.717, 1.165) is 10.9 Å². The van der Waals surface area contributed by atoms with Gasteiger partial charge in [-0.1, -0.05) is 32.9 Å². The zero-order valence-electron chi connectivity index (χ0n) is 21.0. The van der Waals surface area contributed by atoms with Crippen molar-refractivity contribution in [3.05, 3.63) is 90.0 Å². The normalized spacial score (nSPS) is 11.8. The first-order valence-electron chi connectivity index (χ1n) is 11.6. The Morgan fingerprint density at radius 1 is 0.949 bits per heavy atom. The summed E-state index contributed by atoms with van der Waals surface area (Å²) in [5, 5.41) is 15.4. The predicted octanol–water partition coefficient (Wildman–Crippen LogP) is 6.00. The predicted molar refractivity (Wildman–Crippen MR) is 137 cm³/mol. The first kappa shape index (κ1) is 27.3. The highest BCUT2D eigenvalue weighted by atomic mass is 19.4. The van der Waals surface area contributed by atoms with Gasteiger partial charge in [0.2, 0.25) is 0 Å². The van der Waals surface area contributed by atoms with Crippen LogP contribution in [0, 0.1) is 5.82 Å². The zero-order valence-corrected chi connectivity index (χ0v) is 21.0. The largest absolute Gasteiger partial charge is 0.490 e. The molecule has 0 bridgehead atoms. The molecule has 0 atom stereocenters. The second-order valence-corrected chi connectivity index (χ2v) is 9.59. The van der Waals surface area contributed by atoms with Crippen molar-refractivity contribution in [2.45, 2.75) is 32.4 Å². The van der Waals surface area contributed by atoms with Gasteiger partial charge in [0.05, 0.1) is 11.7 Å². The zero-order chi connectivity index (χ0) is 28.5. The molecule has 0 unspecified atom stereocenters. The molecule has 0 aliphatic rings. The van der Waals surface area contributed by atoms with Crippen LogP contribution in [-0.2, 0) is 10.2 Å². The maximum atomic E-state index is 13.5. The maximum Gasteiger partial charge on any atom is 0.490 e. The first-order valence-corrected chi connectivity index (χ1v) is 11.6. The molecule has 0 aliphatic heterocycles. The molecule has 0 aliphatic carbocycles. The van der Waals surface area contributed by atoms with Gasteiger partial charge in [-0.25, -0.2) is 18.7 Å². The Labute approximate surface area is 219 Å². The molecule has 12 heteroatoms. The summed E-state index contributed by atoms with van der Waals surface area (Å²) in [5.74, 6) is -2.19. The van der Waals surface area contributed by atoms with Gasteiger partial charge in [0.1, 0.15) is 5.82 Å². The van der Waals surface area contributed by atoms with Crippen molar-refractivity contribution in [2.24, 2.45) is 0 Å². The van der Waals surface area contributed by atoms with Crippen molar-refractivity contribution < 1.29 is 32.3 Å². The number of halogens is 4. The Balaban J connectivity index is 0.000000448. The number of carboxylic acids is 1. The summed E-state index contributed by atoms with van der Waals surface area (Å²) in [4.78, 5) is 26.0. The molecule has 2 N–H and O–H groups in total. The SMILES string of the molecule is CC(C)(C)c1ccc(C(=O)Nc2cn3nc(-n4ccc5cc(F)ccc54)ccc3n2)cc1.O=C(O)C(F)(F)F. The third-order valence-corrected chi connectivity index (χ3v) is 5.70. The van der Waals surface area contributed by atoms with Gasteiger partial charge in [0.15, 0.2) is 17.3 Å². The van der Waals surface area contributed by atoms with E-state index in [0.29, 0.717) is 22.8 Å². The van der Waals surface area contributed by atoms with E-state index in [1.807, 2.05) is 53.2 Å². The number of aliphatic carboxylic acids is 1. The van der Waals surface area contributed by atoms with Gasteiger partial charge in [-0.15, -0.1) is 5.10 Å². The Hall–Kier alpha value is -4.74. The highest BCUT2D eigenvalue weighted by Gasteiger charge is 2.38. The standard InChI is InChI=1S/C25H22FN5O.C2HF3O2/c1-25(2,3)18-6-4-16(5-7-18)24(32)28-21-15-31-22(27-21)10-11-23(29-31)30-13-12-17-14-19(26)8-9-20(17)30;3-2(4,5)1(6)7/h4-15H,1-3H3,(H,28,32);(H,6,7). The summed E-state index contributed by atoms with van der Waals surface area (Å²) in [6.45, 7) is 6.40. The maximum absolute atomic E-state index is 13.5. The number of alkyl halides is 3. The molecule has 3 aromatic heterocycles. The van der Waals surface area contributed by atoms with Gasteiger partial charge in [-0.3, -0.25) is 9.36 Å². The molecule has 0 fully saturated rings. The fraction of sp³-hybridized carbons (Fsp3) is 0.185. The second-order valence-electron chi connectivity index (χ2n) is 9.59. The number of rotatable bonds is 3. The second kappa shape index (κ2) is 10.2. The molecule has 5 aromatic rings. The number of nitrogens with zero attached hydrogens (tertiary/aromatic N) is 4. The van der Waals surface area contributed by atoms with Crippen molar-refractivity contribution in [1.29, 1.82) is 0 Å². The van der Waals surface area contributed by atoms with E-state index in [2.05, 4.69) is 36.2 Å². The Kier molecular flexibility index (Phi) is 7.14. The van der Waals surface area contributed by atoms with Crippen LogP contribution in [0.2, 0.25) is 0 Å². The van der Waals surface area contributed by atoms with Crippen molar-refractivity contribution in [1.82, 2.24) is 19.2 Å². The summed E-state index contributed by atoms with van der Waals surface area (Å²) in [7, 11) is 0. The van der Waals surface area contributed by atoms with E-state index in [-0.39, 0.29) is 17.1 Å². The van der Waals surface area contributed by atoms with Crippen LogP contribution in [0.5, 0.6) is 0 Å². The topological polar surface area (TPSA) is 102 Å². The number of hydrogen-bond acceptors (Lipinski definition) is 4. The molecule has 1 amide bonds. The molecule has 0 spiro atoms. The molecular formula is C27H23F4N5O3. The summed E-state index contributed by atoms with van der Waals surface area (Å²) in [6.07, 6.45) is -1.56. The minimum atomic E-state index is -5.08. The Morgan fingerprint density at radius 3 is 2.23 bits per heavy atom. The number of anilines is 1. The van der Waals surface area contributed by atoms with Crippen LogP contribution in [0.15, 0.2) is 73.1 Å². The Morgan fingerprint density at radius 2 is 1.62 bits per heavy atom. The molecule has 5 rings (SSSR count). The minimum absolute atomic E-state index is 0.0270. The van der Waals surface area contributed by atoms with Crippen LogP contribution in [0.25, 0.3) is 22.4 Å². The molecular weight excluding hydrogens is 518 g/mol. The first-order chi connectivity index (χ1) is 18.2. The highest BCUT2D eigenvalue weighted by molar-refractivity contribution is 6.03. The molecule has 0 saturated carbocycles. The number of benzene rings is 2. The quantitative estimate of drug-likeness (QED) is 0.273. The third-order valence-electron chi connectivity index (χ3n) is 5.70. The lowest BCUT2D eigenvalue weighted by atomic mass is 9.87. The van der Waals surface area contributed by atoms with Crippen molar-refractivity contribution in [2.75, 3.05) is 5.32 Å². The number of imidazole rings is 1. The molecule has 3 heterocycles. The van der Waals surface area contributed by atoms with Crippen LogP contribution >= 0.6 is 0 Å². The average molecular weight is 542 g/mol. The van der Waals surface area contributed by atoms with Crippen LogP contribution < -0.4 is 5.32 Å². The van der Waals surface area contributed by atoms with E-state index >= 15 is 0 Å². The smallest absolute Gasteiger partial charge is 0.475 e. The third kappa shape index (κ3) is 6.22. The fourth-order valence-electron chi connectivity index (χ4n) is 3.68. The van der Waals surface area contributed by atoms with Crippen LogP contribution in [0.1, 0.15) is 36.7 Å². The number of hydrogen-bond donors (Lipinski definition) is 2. The number of carbonyl (C=O) groups is 2. The van der Waals surface area contributed by atoms with E-state index in [1.165, 1.54) is 17.7 Å². The Bertz CT molecular complexity index is 1670. The summed E-state index contributed by atoms with van der Waals surface area (Å²) in [6, 6.07) is 17.7. The van der Waals surface area contributed by atoms with Crippen molar-refractivity contribution in [3.8, 4) is 5.82 Å². The van der Waals surface area contributed by atoms with E-state index < -0.39 is 12.1 Å². The average Bonchev–Trinajstić information content (AvgIpc) is 3.45. The number of aromatic nitrogens is 4. The van der Waals surface area contributed by atoms with Crippen LogP contribution in [-0.4, -0.2) is 42.3 Å². The van der Waals surface area contributed by atoms with Gasteiger partial charge in [-0.05, 0) is 59.5 Å². The number of amides is 1. The van der Waals surface area contributed by atoms with E-state index in [9.17, 15) is 22.4 Å². The molecule has 2 aromatic carbocycles. The van der Waals surface area contributed by atoms with E-state index in [4.69, 9.17) is 9.90 Å². The van der Waals surface area contributed by atoms with Crippen molar-refractivity contribution in [3.63, 3.8) is 0 Å². The molecule has 202 valence electrons. The lowest BCUT2D eigenvalue weighted by Crippen LogP contribution is -2.21. The van der Waals surface area contributed by atoms with E-state index in [1.54, 1.807) is 16.8 Å². The summed E-state index contributed by atoms with van der Waals surface area (Å²) in [5.41, 5.74) is 3.22. The number of fused-ring (bicyclic) bond motifs is 2. The van der Waals surface area contributed by atoms with Gasteiger partial charge in [0, 0.05) is 17.1 Å². The molecule has 39 heavy (non-hydrogen) atoms. The molecule has 8 nitrogen and oxygen atoms in total. The van der Waals surface area contributed by atoms with Crippen molar-refractivity contribution >= 4 is 34.2 Å². The molecule has 0 radical (unpaired) electrons. The summed E-state index contributed by atoms with van der Waals surface area (Å²) >= 11 is 0. The van der Waals surface area contributed by atoms with Crippen LogP contribution in [0.3, 0.4) is 0 Å². The lowest BCUT2D eigenvalue weighted by Gasteiger charge is -2.18. The van der Waals surface area contributed by atoms with Gasteiger partial charge >= 0.3 is 12.1 Å².